The first-order valence-electron chi connectivity index (χ1n) is 12.2. The van der Waals surface area contributed by atoms with Crippen LogP contribution >= 0.6 is 11.8 Å². The summed E-state index contributed by atoms with van der Waals surface area (Å²) < 4.78 is 16.4. The molecule has 5 rings (SSSR count). The number of carbonyl (C=O) groups is 2. The summed E-state index contributed by atoms with van der Waals surface area (Å²) in [6.07, 6.45) is -0.120. The number of hydrogen-bond donors (Lipinski definition) is 1. The van der Waals surface area contributed by atoms with Crippen molar-refractivity contribution in [2.45, 2.75) is 52.8 Å². The van der Waals surface area contributed by atoms with Crippen LogP contribution < -0.4 is 14.8 Å². The second-order valence-corrected chi connectivity index (χ2v) is 10.2. The van der Waals surface area contributed by atoms with Gasteiger partial charge in [-0.2, -0.15) is 0 Å². The van der Waals surface area contributed by atoms with E-state index in [-0.39, 0.29) is 25.2 Å². The number of benzene rings is 2. The fraction of sp³-hybridized carbons (Fsp3) is 0.321. The van der Waals surface area contributed by atoms with E-state index in [1.54, 1.807) is 0 Å². The molecule has 3 heterocycles. The molecule has 0 bridgehead atoms. The molecule has 0 fully saturated rings. The first kappa shape index (κ1) is 25.0. The molecular formula is C28H29N3O5S. The Balaban J connectivity index is 1.38. The number of allylic oxidation sites excluding steroid dienone is 1. The number of rotatable bonds is 7. The molecule has 0 radical (unpaired) electrons. The van der Waals surface area contributed by atoms with Gasteiger partial charge >= 0.3 is 5.97 Å². The molecule has 2 aromatic rings. The average molecular weight is 520 g/mol. The molecule has 9 heteroatoms. The number of aryl methyl sites for hydroxylation is 1. The van der Waals surface area contributed by atoms with Crippen molar-refractivity contribution in [1.82, 2.24) is 10.2 Å². The van der Waals surface area contributed by atoms with Crippen LogP contribution in [0.1, 0.15) is 49.9 Å². The van der Waals surface area contributed by atoms with Gasteiger partial charge in [0.1, 0.15) is 0 Å². The zero-order chi connectivity index (χ0) is 26.1. The summed E-state index contributed by atoms with van der Waals surface area (Å²) in [4.78, 5) is 33.0. The first-order chi connectivity index (χ1) is 17.8. The summed E-state index contributed by atoms with van der Waals surface area (Å²) in [5, 5.41) is 5.67. The van der Waals surface area contributed by atoms with Gasteiger partial charge in [-0.3, -0.25) is 4.79 Å². The minimum absolute atomic E-state index is 0.133. The average Bonchev–Trinajstić information content (AvgIpc) is 3.48. The topological polar surface area (TPSA) is 89.5 Å². The molecule has 0 saturated carbocycles. The van der Waals surface area contributed by atoms with Crippen molar-refractivity contribution in [3.05, 3.63) is 81.5 Å². The second-order valence-electron chi connectivity index (χ2n) is 9.34. The molecule has 0 aromatic heterocycles. The summed E-state index contributed by atoms with van der Waals surface area (Å²) in [5.74, 6) is 0.858. The van der Waals surface area contributed by atoms with Gasteiger partial charge in [-0.15, -0.1) is 0 Å². The lowest BCUT2D eigenvalue weighted by molar-refractivity contribution is -0.143. The van der Waals surface area contributed by atoms with Gasteiger partial charge in [0.05, 0.1) is 29.8 Å². The highest BCUT2D eigenvalue weighted by molar-refractivity contribution is 8.16. The summed E-state index contributed by atoms with van der Waals surface area (Å²) >= 11 is 1.46. The van der Waals surface area contributed by atoms with E-state index < -0.39 is 12.0 Å². The Labute approximate surface area is 220 Å². The molecule has 2 aromatic carbocycles. The number of thioether (sulfide) groups is 1. The van der Waals surface area contributed by atoms with E-state index >= 15 is 0 Å². The van der Waals surface area contributed by atoms with Crippen LogP contribution in [0.3, 0.4) is 0 Å². The fourth-order valence-corrected chi connectivity index (χ4v) is 5.54. The number of ether oxygens (including phenoxy) is 3. The van der Waals surface area contributed by atoms with E-state index in [1.165, 1.54) is 11.8 Å². The van der Waals surface area contributed by atoms with Gasteiger partial charge in [0.25, 0.3) is 0 Å². The summed E-state index contributed by atoms with van der Waals surface area (Å²) in [7, 11) is 0. The third kappa shape index (κ3) is 5.09. The van der Waals surface area contributed by atoms with Gasteiger partial charge < -0.3 is 24.4 Å². The predicted octanol–water partition coefficient (Wildman–Crippen LogP) is 4.96. The largest absolute Gasteiger partial charge is 0.459 e. The number of amides is 1. The van der Waals surface area contributed by atoms with Gasteiger partial charge in [-0.05, 0) is 61.9 Å². The molecule has 3 aliphatic rings. The lowest BCUT2D eigenvalue weighted by Crippen LogP contribution is -2.38. The maximum Gasteiger partial charge on any atom is 0.338 e. The van der Waals surface area contributed by atoms with Crippen LogP contribution in [0.2, 0.25) is 0 Å². The van der Waals surface area contributed by atoms with Crippen molar-refractivity contribution in [3.63, 3.8) is 0 Å². The van der Waals surface area contributed by atoms with Crippen molar-refractivity contribution < 1.29 is 23.8 Å². The van der Waals surface area contributed by atoms with Gasteiger partial charge in [-0.1, -0.05) is 42.1 Å². The van der Waals surface area contributed by atoms with Crippen molar-refractivity contribution in [2.75, 3.05) is 6.79 Å². The molecule has 37 heavy (non-hydrogen) atoms. The Morgan fingerprint density at radius 1 is 1.16 bits per heavy atom. The van der Waals surface area contributed by atoms with Crippen molar-refractivity contribution >= 4 is 28.8 Å². The van der Waals surface area contributed by atoms with Crippen LogP contribution in [-0.2, 0) is 20.9 Å². The zero-order valence-corrected chi connectivity index (χ0v) is 22.1. The summed E-state index contributed by atoms with van der Waals surface area (Å²) in [6.45, 7) is 8.09. The highest BCUT2D eigenvalue weighted by atomic mass is 32.2. The van der Waals surface area contributed by atoms with Crippen LogP contribution in [-0.4, -0.2) is 34.8 Å². The molecule has 1 N–H and O–H groups in total. The zero-order valence-electron chi connectivity index (χ0n) is 21.2. The van der Waals surface area contributed by atoms with E-state index in [0.29, 0.717) is 29.3 Å². The standard InChI is InChI=1S/C28H29N3O5S/c1-16(2)36-27(33)25-18(4)30-28-31(26(25)21-8-6-5-7-17(21)3)20(14-37-28)12-24(32)29-13-19-9-10-22-23(11-19)35-15-34-22/h5-11,14,16,26H,12-13,15H2,1-4H3,(H,29,32). The third-order valence-electron chi connectivity index (χ3n) is 6.31. The van der Waals surface area contributed by atoms with E-state index in [0.717, 1.165) is 27.6 Å². The third-order valence-corrected chi connectivity index (χ3v) is 7.20. The molecular weight excluding hydrogens is 490 g/mol. The van der Waals surface area contributed by atoms with E-state index in [1.807, 2.05) is 80.5 Å². The molecule has 1 amide bonds. The Kier molecular flexibility index (Phi) is 6.97. The highest BCUT2D eigenvalue weighted by Crippen LogP contribution is 2.45. The van der Waals surface area contributed by atoms with Crippen molar-refractivity contribution in [1.29, 1.82) is 0 Å². The molecule has 3 aliphatic heterocycles. The lowest BCUT2D eigenvalue weighted by Gasteiger charge is -2.37. The van der Waals surface area contributed by atoms with Gasteiger partial charge in [0, 0.05) is 12.2 Å². The van der Waals surface area contributed by atoms with Gasteiger partial charge in [-0.25, -0.2) is 9.79 Å². The smallest absolute Gasteiger partial charge is 0.338 e. The second kappa shape index (κ2) is 10.3. The van der Waals surface area contributed by atoms with E-state index in [9.17, 15) is 9.59 Å². The van der Waals surface area contributed by atoms with Crippen LogP contribution in [0.5, 0.6) is 11.5 Å². The number of esters is 1. The van der Waals surface area contributed by atoms with E-state index in [2.05, 4.69) is 5.32 Å². The molecule has 192 valence electrons. The number of hydrogen-bond acceptors (Lipinski definition) is 8. The van der Waals surface area contributed by atoms with Crippen molar-refractivity contribution in [3.8, 4) is 11.5 Å². The number of aliphatic imine (C=N–C) groups is 1. The molecule has 0 saturated heterocycles. The molecule has 0 spiro atoms. The minimum atomic E-state index is -0.442. The monoisotopic (exact) mass is 519 g/mol. The normalized spacial score (nSPS) is 18.0. The van der Waals surface area contributed by atoms with E-state index in [4.69, 9.17) is 19.2 Å². The molecule has 1 atom stereocenters. The van der Waals surface area contributed by atoms with Crippen molar-refractivity contribution in [2.24, 2.45) is 4.99 Å². The Hall–Kier alpha value is -3.72. The SMILES string of the molecule is CC1=C(C(=O)OC(C)C)C(c2ccccc2C)N2C(CC(=O)NCc3ccc4c(c3)OCO4)=CSC2=N1. The van der Waals surface area contributed by atoms with Crippen LogP contribution in [0.4, 0.5) is 0 Å². The van der Waals surface area contributed by atoms with Crippen LogP contribution in [0.25, 0.3) is 0 Å². The molecule has 8 nitrogen and oxygen atoms in total. The van der Waals surface area contributed by atoms with Crippen LogP contribution in [0, 0.1) is 6.92 Å². The quantitative estimate of drug-likeness (QED) is 0.518. The number of amidine groups is 1. The summed E-state index contributed by atoms with van der Waals surface area (Å²) in [6, 6.07) is 13.1. The maximum absolute atomic E-state index is 13.3. The molecule has 0 aliphatic carbocycles. The lowest BCUT2D eigenvalue weighted by atomic mass is 9.91. The maximum atomic E-state index is 13.3. The Morgan fingerprint density at radius 2 is 1.95 bits per heavy atom. The van der Waals surface area contributed by atoms with Gasteiger partial charge in [0.15, 0.2) is 16.7 Å². The number of nitrogens with zero attached hydrogens (tertiary/aromatic N) is 2. The number of carbonyl (C=O) groups excluding carboxylic acids is 2. The van der Waals surface area contributed by atoms with Gasteiger partial charge in [0.2, 0.25) is 12.7 Å². The minimum Gasteiger partial charge on any atom is -0.459 e. The molecule has 1 unspecified atom stereocenters. The first-order valence-corrected chi connectivity index (χ1v) is 13.1. The Bertz CT molecular complexity index is 1350. The summed E-state index contributed by atoms with van der Waals surface area (Å²) in [5.41, 5.74) is 4.82. The predicted molar refractivity (Wildman–Crippen MR) is 142 cm³/mol. The fourth-order valence-electron chi connectivity index (χ4n) is 4.57. The Morgan fingerprint density at radius 3 is 2.73 bits per heavy atom. The highest BCUT2D eigenvalue weighted by Gasteiger charge is 2.41. The number of nitrogens with one attached hydrogen (secondary N) is 1. The number of fused-ring (bicyclic) bond motifs is 2. The van der Waals surface area contributed by atoms with Crippen LogP contribution in [0.15, 0.2) is 69.8 Å².